The lowest BCUT2D eigenvalue weighted by Gasteiger charge is -2.24. The maximum Gasteiger partial charge on any atom is 0.208 e. The quantitative estimate of drug-likeness (QED) is 0.821. The Morgan fingerprint density at radius 2 is 2.28 bits per heavy atom. The highest BCUT2D eigenvalue weighted by Gasteiger charge is 2.23. The fraction of sp³-hybridized carbons (Fsp3) is 0.455. The van der Waals surface area contributed by atoms with Gasteiger partial charge in [0.25, 0.3) is 0 Å². The predicted octanol–water partition coefficient (Wildman–Crippen LogP) is 0.364. The maximum atomic E-state index is 11.2. The number of aromatic nitrogens is 3. The van der Waals surface area contributed by atoms with Crippen LogP contribution in [0, 0.1) is 0 Å². The van der Waals surface area contributed by atoms with Crippen LogP contribution in [0.2, 0.25) is 0 Å². The number of aryl methyl sites for hydroxylation is 1. The molecule has 96 valence electrons. The van der Waals surface area contributed by atoms with E-state index >= 15 is 0 Å². The van der Waals surface area contributed by atoms with E-state index in [-0.39, 0.29) is 6.04 Å². The Morgan fingerprint density at radius 1 is 1.44 bits per heavy atom. The van der Waals surface area contributed by atoms with Gasteiger partial charge >= 0.3 is 0 Å². The van der Waals surface area contributed by atoms with Crippen LogP contribution in [0.5, 0.6) is 0 Å². The normalized spacial score (nSPS) is 19.9. The van der Waals surface area contributed by atoms with Gasteiger partial charge in [-0.25, -0.2) is 18.1 Å². The molecule has 0 aliphatic heterocycles. The van der Waals surface area contributed by atoms with Gasteiger partial charge in [0.2, 0.25) is 10.0 Å². The zero-order valence-electron chi connectivity index (χ0n) is 9.97. The first kappa shape index (κ1) is 11.6. The lowest BCUT2D eigenvalue weighted by atomic mass is 9.88. The number of hydrogen-bond acceptors (Lipinski definition) is 4. The molecule has 7 heteroatoms. The summed E-state index contributed by atoms with van der Waals surface area (Å²) in [7, 11) is -3.15. The second kappa shape index (κ2) is 4.03. The molecule has 1 unspecified atom stereocenters. The van der Waals surface area contributed by atoms with Crippen molar-refractivity contribution in [3.05, 3.63) is 23.5 Å². The smallest absolute Gasteiger partial charge is 0.208 e. The van der Waals surface area contributed by atoms with Gasteiger partial charge in [-0.05, 0) is 30.4 Å². The summed E-state index contributed by atoms with van der Waals surface area (Å²) in [5.74, 6) is 0. The Labute approximate surface area is 105 Å². The second-order valence-electron chi connectivity index (χ2n) is 4.72. The number of H-pyrrole nitrogens is 1. The lowest BCUT2D eigenvalue weighted by molar-refractivity contribution is 0.511. The van der Waals surface area contributed by atoms with Gasteiger partial charge in [-0.2, -0.15) is 5.10 Å². The molecule has 0 saturated heterocycles. The topological polar surface area (TPSA) is 87.7 Å². The lowest BCUT2D eigenvalue weighted by Crippen LogP contribution is -2.38. The van der Waals surface area contributed by atoms with E-state index in [4.69, 9.17) is 0 Å². The van der Waals surface area contributed by atoms with Crippen LogP contribution in [0.4, 0.5) is 0 Å². The summed E-state index contributed by atoms with van der Waals surface area (Å²) in [6, 6.07) is -0.0290. The number of nitrogens with zero attached hydrogens (tertiary/aromatic N) is 2. The summed E-state index contributed by atoms with van der Waals surface area (Å²) < 4.78 is 25.1. The molecular formula is C11H14N4O2S. The van der Waals surface area contributed by atoms with Crippen molar-refractivity contribution in [1.29, 1.82) is 0 Å². The molecule has 2 aromatic heterocycles. The maximum absolute atomic E-state index is 11.2. The molecule has 1 atom stereocenters. The van der Waals surface area contributed by atoms with E-state index in [1.54, 1.807) is 6.20 Å². The highest BCUT2D eigenvalue weighted by Crippen LogP contribution is 2.26. The van der Waals surface area contributed by atoms with Crippen molar-refractivity contribution in [3.8, 4) is 0 Å². The third kappa shape index (κ3) is 2.11. The number of rotatable bonds is 2. The Balaban J connectivity index is 1.94. The zero-order chi connectivity index (χ0) is 12.8. The third-order valence-corrected chi connectivity index (χ3v) is 4.03. The van der Waals surface area contributed by atoms with Gasteiger partial charge in [0.05, 0.1) is 12.5 Å². The van der Waals surface area contributed by atoms with E-state index in [1.807, 2.05) is 6.20 Å². The van der Waals surface area contributed by atoms with Gasteiger partial charge in [-0.15, -0.1) is 0 Å². The number of pyridine rings is 1. The summed E-state index contributed by atoms with van der Waals surface area (Å²) in [6.45, 7) is 0. The molecule has 0 bridgehead atoms. The molecule has 0 radical (unpaired) electrons. The fourth-order valence-corrected chi connectivity index (χ4v) is 3.36. The molecule has 0 spiro atoms. The van der Waals surface area contributed by atoms with Gasteiger partial charge in [0.1, 0.15) is 0 Å². The van der Waals surface area contributed by atoms with Crippen LogP contribution < -0.4 is 4.72 Å². The van der Waals surface area contributed by atoms with E-state index in [0.717, 1.165) is 29.4 Å². The summed E-state index contributed by atoms with van der Waals surface area (Å²) in [6.07, 6.45) is 7.14. The highest BCUT2D eigenvalue weighted by molar-refractivity contribution is 7.88. The molecular weight excluding hydrogens is 252 g/mol. The third-order valence-electron chi connectivity index (χ3n) is 3.27. The fourth-order valence-electron chi connectivity index (χ4n) is 2.55. The van der Waals surface area contributed by atoms with E-state index in [9.17, 15) is 8.42 Å². The summed E-state index contributed by atoms with van der Waals surface area (Å²) in [5.41, 5.74) is 3.14. The van der Waals surface area contributed by atoms with Crippen molar-refractivity contribution in [3.63, 3.8) is 0 Å². The molecule has 1 aliphatic rings. The van der Waals surface area contributed by atoms with Gasteiger partial charge in [-0.1, -0.05) is 0 Å². The Kier molecular flexibility index (Phi) is 2.60. The molecule has 3 rings (SSSR count). The Bertz CT molecular complexity index is 692. The van der Waals surface area contributed by atoms with Crippen LogP contribution in [0.25, 0.3) is 11.0 Å². The first-order valence-corrected chi connectivity index (χ1v) is 7.69. The number of aromatic amines is 1. The summed E-state index contributed by atoms with van der Waals surface area (Å²) in [4.78, 5) is 4.29. The van der Waals surface area contributed by atoms with Crippen LogP contribution in [-0.2, 0) is 22.9 Å². The van der Waals surface area contributed by atoms with E-state index in [2.05, 4.69) is 19.9 Å². The number of fused-ring (bicyclic) bond motifs is 3. The minimum absolute atomic E-state index is 0.0290. The minimum Gasteiger partial charge on any atom is -0.261 e. The first-order chi connectivity index (χ1) is 8.53. The Hall–Kier alpha value is -1.47. The van der Waals surface area contributed by atoms with E-state index in [0.29, 0.717) is 6.42 Å². The van der Waals surface area contributed by atoms with Crippen LogP contribution in [0.3, 0.4) is 0 Å². The molecule has 0 fully saturated rings. The zero-order valence-corrected chi connectivity index (χ0v) is 10.8. The van der Waals surface area contributed by atoms with Crippen molar-refractivity contribution >= 4 is 21.1 Å². The monoisotopic (exact) mass is 266 g/mol. The molecule has 0 amide bonds. The van der Waals surface area contributed by atoms with Crippen molar-refractivity contribution in [2.24, 2.45) is 0 Å². The van der Waals surface area contributed by atoms with Crippen molar-refractivity contribution in [1.82, 2.24) is 19.9 Å². The van der Waals surface area contributed by atoms with Crippen LogP contribution in [0.1, 0.15) is 17.5 Å². The van der Waals surface area contributed by atoms with Crippen LogP contribution >= 0.6 is 0 Å². The Morgan fingerprint density at radius 3 is 3.06 bits per heavy atom. The molecule has 0 saturated carbocycles. The molecule has 2 heterocycles. The standard InChI is InChI=1S/C11H14N4O2S/c1-18(16,17)15-8-2-3-9-7(4-8)5-12-11-10(9)6-13-14-11/h5-6,8,15H,2-4H2,1H3,(H,12,13,14). The van der Waals surface area contributed by atoms with Gasteiger partial charge in [0.15, 0.2) is 5.65 Å². The first-order valence-electron chi connectivity index (χ1n) is 5.80. The largest absolute Gasteiger partial charge is 0.261 e. The SMILES string of the molecule is CS(=O)(=O)NC1CCc2c(cnc3[nH]ncc23)C1. The van der Waals surface area contributed by atoms with E-state index < -0.39 is 10.0 Å². The summed E-state index contributed by atoms with van der Waals surface area (Å²) >= 11 is 0. The van der Waals surface area contributed by atoms with Crippen molar-refractivity contribution in [2.45, 2.75) is 25.3 Å². The number of hydrogen-bond donors (Lipinski definition) is 2. The minimum atomic E-state index is -3.15. The predicted molar refractivity (Wildman–Crippen MR) is 67.7 cm³/mol. The van der Waals surface area contributed by atoms with Crippen molar-refractivity contribution in [2.75, 3.05) is 6.26 Å². The van der Waals surface area contributed by atoms with Gasteiger partial charge in [-0.3, -0.25) is 5.10 Å². The molecule has 2 aromatic rings. The molecule has 2 N–H and O–H groups in total. The van der Waals surface area contributed by atoms with Crippen LogP contribution in [-0.4, -0.2) is 35.9 Å². The van der Waals surface area contributed by atoms with Crippen molar-refractivity contribution < 1.29 is 8.42 Å². The van der Waals surface area contributed by atoms with Gasteiger partial charge < -0.3 is 0 Å². The summed E-state index contributed by atoms with van der Waals surface area (Å²) in [5, 5.41) is 7.88. The molecule has 0 aromatic carbocycles. The van der Waals surface area contributed by atoms with Gasteiger partial charge in [0, 0.05) is 17.6 Å². The molecule has 1 aliphatic carbocycles. The number of nitrogens with one attached hydrogen (secondary N) is 2. The second-order valence-corrected chi connectivity index (χ2v) is 6.50. The molecule has 18 heavy (non-hydrogen) atoms. The van der Waals surface area contributed by atoms with Crippen LogP contribution in [0.15, 0.2) is 12.4 Å². The average Bonchev–Trinajstić information content (AvgIpc) is 2.74. The molecule has 6 nitrogen and oxygen atoms in total. The average molecular weight is 266 g/mol. The highest BCUT2D eigenvalue weighted by atomic mass is 32.2. The number of sulfonamides is 1. The van der Waals surface area contributed by atoms with E-state index in [1.165, 1.54) is 11.8 Å².